The summed E-state index contributed by atoms with van der Waals surface area (Å²) in [6, 6.07) is 0. The highest BCUT2D eigenvalue weighted by Crippen LogP contribution is 1.94. The summed E-state index contributed by atoms with van der Waals surface area (Å²) in [6.07, 6.45) is 1.85. The van der Waals surface area contributed by atoms with Gasteiger partial charge >= 0.3 is 0 Å². The van der Waals surface area contributed by atoms with Crippen LogP contribution in [0.5, 0.6) is 0 Å². The van der Waals surface area contributed by atoms with Gasteiger partial charge in [-0.2, -0.15) is 0 Å². The smallest absolute Gasteiger partial charge is 0.151 e. The molecule has 0 bridgehead atoms. The molecule has 0 spiro atoms. The van der Waals surface area contributed by atoms with Crippen LogP contribution in [0.3, 0.4) is 0 Å². The van der Waals surface area contributed by atoms with E-state index in [1.165, 1.54) is 0 Å². The van der Waals surface area contributed by atoms with Crippen LogP contribution in [0.25, 0.3) is 0 Å². The molecule has 0 aliphatic heterocycles. The van der Waals surface area contributed by atoms with Crippen LogP contribution in [-0.2, 0) is 9.84 Å². The predicted octanol–water partition coefficient (Wildman–Crippen LogP) is 0.743. The van der Waals surface area contributed by atoms with Crippen LogP contribution in [-0.4, -0.2) is 58.1 Å². The summed E-state index contributed by atoms with van der Waals surface area (Å²) >= 11 is 0. The van der Waals surface area contributed by atoms with Gasteiger partial charge in [0.2, 0.25) is 0 Å². The summed E-state index contributed by atoms with van der Waals surface area (Å²) < 4.78 is 22.9. The molecule has 0 saturated heterocycles. The molecule has 0 aliphatic rings. The molecule has 0 rings (SSSR count). The van der Waals surface area contributed by atoms with Gasteiger partial charge in [0.1, 0.15) is 0 Å². The maximum absolute atomic E-state index is 11.5. The van der Waals surface area contributed by atoms with Gasteiger partial charge in [0.15, 0.2) is 9.84 Å². The van der Waals surface area contributed by atoms with Gasteiger partial charge in [-0.15, -0.1) is 0 Å². The molecule has 0 aromatic carbocycles. The van der Waals surface area contributed by atoms with Crippen LogP contribution < -0.4 is 5.32 Å². The van der Waals surface area contributed by atoms with Gasteiger partial charge in [0.25, 0.3) is 0 Å². The highest BCUT2D eigenvalue weighted by atomic mass is 32.2. The van der Waals surface area contributed by atoms with Crippen LogP contribution in [0.4, 0.5) is 0 Å². The van der Waals surface area contributed by atoms with Gasteiger partial charge in [-0.25, -0.2) is 8.42 Å². The van der Waals surface area contributed by atoms with Gasteiger partial charge in [-0.05, 0) is 26.4 Å². The zero-order valence-corrected chi connectivity index (χ0v) is 11.6. The van der Waals surface area contributed by atoms with E-state index in [1.807, 2.05) is 14.0 Å². The number of nitrogens with one attached hydrogen (secondary N) is 1. The maximum Gasteiger partial charge on any atom is 0.151 e. The Morgan fingerprint density at radius 3 is 2.25 bits per heavy atom. The van der Waals surface area contributed by atoms with E-state index >= 15 is 0 Å². The van der Waals surface area contributed by atoms with E-state index in [0.29, 0.717) is 18.7 Å². The zero-order chi connectivity index (χ0) is 12.4. The number of hydrogen-bond donors (Lipinski definition) is 1. The van der Waals surface area contributed by atoms with Gasteiger partial charge < -0.3 is 10.2 Å². The van der Waals surface area contributed by atoms with Crippen molar-refractivity contribution in [2.24, 2.45) is 0 Å². The number of hydrogen-bond acceptors (Lipinski definition) is 4. The van der Waals surface area contributed by atoms with Gasteiger partial charge in [-0.3, -0.25) is 0 Å². The van der Waals surface area contributed by atoms with Crippen molar-refractivity contribution in [3.05, 3.63) is 0 Å². The summed E-state index contributed by atoms with van der Waals surface area (Å²) in [5, 5.41) is 3.30. The molecule has 4 nitrogen and oxygen atoms in total. The van der Waals surface area contributed by atoms with E-state index < -0.39 is 9.84 Å². The minimum atomic E-state index is -2.82. The standard InChI is InChI=1S/C11H26N2O2S/c1-4-6-12-7-8-13(3)9-11-16(14,15)10-5-2/h12H,4-11H2,1-3H3. The Labute approximate surface area is 100 Å². The average molecular weight is 250 g/mol. The monoisotopic (exact) mass is 250 g/mol. The Balaban J connectivity index is 3.60. The Morgan fingerprint density at radius 2 is 1.69 bits per heavy atom. The molecule has 0 heterocycles. The Kier molecular flexibility index (Phi) is 8.89. The van der Waals surface area contributed by atoms with E-state index in [9.17, 15) is 8.42 Å². The number of likely N-dealkylation sites (N-methyl/N-ethyl adjacent to an activating group) is 1. The van der Waals surface area contributed by atoms with E-state index in [-0.39, 0.29) is 5.75 Å². The van der Waals surface area contributed by atoms with Crippen molar-refractivity contribution in [2.75, 3.05) is 44.7 Å². The Hall–Kier alpha value is -0.130. The Bertz CT molecular complexity index is 253. The maximum atomic E-state index is 11.5. The van der Waals surface area contributed by atoms with Gasteiger partial charge in [0, 0.05) is 25.4 Å². The molecule has 0 amide bonds. The summed E-state index contributed by atoms with van der Waals surface area (Å²) in [5.41, 5.74) is 0. The largest absolute Gasteiger partial charge is 0.315 e. The fourth-order valence-electron chi connectivity index (χ4n) is 1.39. The van der Waals surface area contributed by atoms with Crippen LogP contribution in [0.2, 0.25) is 0 Å². The third kappa shape index (κ3) is 9.12. The lowest BCUT2D eigenvalue weighted by Gasteiger charge is -2.16. The molecule has 0 aromatic rings. The molecule has 98 valence electrons. The fraction of sp³-hybridized carbons (Fsp3) is 1.00. The van der Waals surface area contributed by atoms with Crippen LogP contribution in [0.15, 0.2) is 0 Å². The molecule has 0 aromatic heterocycles. The second-order valence-corrected chi connectivity index (χ2v) is 6.51. The second kappa shape index (κ2) is 8.96. The van der Waals surface area contributed by atoms with Crippen molar-refractivity contribution in [1.29, 1.82) is 0 Å². The lowest BCUT2D eigenvalue weighted by molar-refractivity contribution is 0.349. The molecule has 16 heavy (non-hydrogen) atoms. The van der Waals surface area contributed by atoms with E-state index in [0.717, 1.165) is 26.1 Å². The summed E-state index contributed by atoms with van der Waals surface area (Å²) in [5.74, 6) is 0.597. The lowest BCUT2D eigenvalue weighted by Crippen LogP contribution is -2.33. The van der Waals surface area contributed by atoms with Crippen molar-refractivity contribution in [3.63, 3.8) is 0 Å². The first-order valence-electron chi connectivity index (χ1n) is 6.11. The third-order valence-electron chi connectivity index (χ3n) is 2.40. The normalized spacial score (nSPS) is 12.2. The van der Waals surface area contributed by atoms with Crippen LogP contribution >= 0.6 is 0 Å². The van der Waals surface area contributed by atoms with E-state index in [4.69, 9.17) is 0 Å². The molecular formula is C11H26N2O2S. The summed E-state index contributed by atoms with van der Waals surface area (Å²) in [6.45, 7) is 7.53. The first-order valence-corrected chi connectivity index (χ1v) is 7.93. The molecule has 5 heteroatoms. The molecule has 0 fully saturated rings. The second-order valence-electron chi connectivity index (χ2n) is 4.21. The quantitative estimate of drug-likeness (QED) is 0.581. The third-order valence-corrected chi connectivity index (χ3v) is 4.23. The number of rotatable bonds is 10. The molecule has 0 saturated carbocycles. The predicted molar refractivity (Wildman–Crippen MR) is 69.6 cm³/mol. The number of sulfone groups is 1. The molecule has 0 atom stereocenters. The molecule has 0 unspecified atom stereocenters. The van der Waals surface area contributed by atoms with Crippen molar-refractivity contribution < 1.29 is 8.42 Å². The molecule has 0 radical (unpaired) electrons. The van der Waals surface area contributed by atoms with Crippen LogP contribution in [0.1, 0.15) is 26.7 Å². The highest BCUT2D eigenvalue weighted by Gasteiger charge is 2.10. The first-order chi connectivity index (χ1) is 7.52. The van der Waals surface area contributed by atoms with E-state index in [2.05, 4.69) is 17.1 Å². The minimum Gasteiger partial charge on any atom is -0.315 e. The van der Waals surface area contributed by atoms with Gasteiger partial charge in [0.05, 0.1) is 5.75 Å². The molecule has 0 aliphatic carbocycles. The topological polar surface area (TPSA) is 49.4 Å². The molecule has 1 N–H and O–H groups in total. The first kappa shape index (κ1) is 15.9. The summed E-state index contributed by atoms with van der Waals surface area (Å²) in [4.78, 5) is 2.07. The number of nitrogens with zero attached hydrogens (tertiary/aromatic N) is 1. The van der Waals surface area contributed by atoms with Crippen LogP contribution in [0, 0.1) is 0 Å². The highest BCUT2D eigenvalue weighted by molar-refractivity contribution is 7.91. The van der Waals surface area contributed by atoms with Crippen molar-refractivity contribution in [3.8, 4) is 0 Å². The van der Waals surface area contributed by atoms with Crippen molar-refractivity contribution in [2.45, 2.75) is 26.7 Å². The van der Waals surface area contributed by atoms with E-state index in [1.54, 1.807) is 0 Å². The Morgan fingerprint density at radius 1 is 1.00 bits per heavy atom. The molecular weight excluding hydrogens is 224 g/mol. The average Bonchev–Trinajstić information content (AvgIpc) is 2.22. The fourth-order valence-corrected chi connectivity index (χ4v) is 2.81. The lowest BCUT2D eigenvalue weighted by atomic mass is 10.4. The minimum absolute atomic E-state index is 0.283. The van der Waals surface area contributed by atoms with Gasteiger partial charge in [-0.1, -0.05) is 13.8 Å². The SMILES string of the molecule is CCCNCCN(C)CCS(=O)(=O)CCC. The summed E-state index contributed by atoms with van der Waals surface area (Å²) in [7, 11) is -0.857. The van der Waals surface area contributed by atoms with Crippen molar-refractivity contribution in [1.82, 2.24) is 10.2 Å². The zero-order valence-electron chi connectivity index (χ0n) is 10.8. The van der Waals surface area contributed by atoms with Crippen molar-refractivity contribution >= 4 is 9.84 Å².